The number of nitrogens with one attached hydrogen (secondary N) is 3. The summed E-state index contributed by atoms with van der Waals surface area (Å²) in [7, 11) is 0. The average molecular weight is 320 g/mol. The summed E-state index contributed by atoms with van der Waals surface area (Å²) in [4.78, 5) is 33.6. The molecule has 0 saturated carbocycles. The molecule has 0 aromatic carbocycles. The van der Waals surface area contributed by atoms with Crippen LogP contribution in [0.3, 0.4) is 0 Å². The number of aromatic nitrogens is 4. The van der Waals surface area contributed by atoms with Crippen LogP contribution in [0.2, 0.25) is 0 Å². The number of hydrogen-bond donors (Lipinski definition) is 3. The molecule has 2 aromatic heterocycles. The van der Waals surface area contributed by atoms with E-state index in [0.29, 0.717) is 24.8 Å². The van der Waals surface area contributed by atoms with Crippen molar-refractivity contribution >= 4 is 40.3 Å². The number of imidazole rings is 1. The average Bonchev–Trinajstić information content (AvgIpc) is 2.79. The van der Waals surface area contributed by atoms with Crippen LogP contribution in [-0.4, -0.2) is 49.8 Å². The summed E-state index contributed by atoms with van der Waals surface area (Å²) >= 11 is 11.2. The van der Waals surface area contributed by atoms with E-state index in [9.17, 15) is 9.59 Å². The van der Waals surface area contributed by atoms with Gasteiger partial charge in [0.05, 0.1) is 13.1 Å². The highest BCUT2D eigenvalue weighted by molar-refractivity contribution is 6.18. The van der Waals surface area contributed by atoms with Gasteiger partial charge in [-0.3, -0.25) is 19.8 Å². The minimum atomic E-state index is -0.636. The highest BCUT2D eigenvalue weighted by Crippen LogP contribution is 2.10. The molecule has 3 N–H and O–H groups in total. The van der Waals surface area contributed by atoms with E-state index in [1.165, 1.54) is 0 Å². The molecule has 9 nitrogen and oxygen atoms in total. The third-order valence-electron chi connectivity index (χ3n) is 2.33. The lowest BCUT2D eigenvalue weighted by molar-refractivity contribution is 0.303. The normalized spacial score (nSPS) is 11.5. The molecule has 2 aromatic rings. The quantitative estimate of drug-likeness (QED) is 0.412. The molecule has 2 rings (SSSR count). The van der Waals surface area contributed by atoms with Crippen molar-refractivity contribution in [2.75, 3.05) is 24.8 Å². The topological polar surface area (TPSA) is 122 Å². The number of nitrogens with zero attached hydrogens (tertiary/aromatic N) is 4. The van der Waals surface area contributed by atoms with Crippen LogP contribution >= 0.6 is 23.2 Å². The van der Waals surface area contributed by atoms with E-state index < -0.39 is 11.2 Å². The molecule has 108 valence electrons. The fourth-order valence-corrected chi connectivity index (χ4v) is 1.86. The first-order valence-electron chi connectivity index (χ1n) is 5.65. The van der Waals surface area contributed by atoms with Crippen LogP contribution in [0.25, 0.3) is 11.2 Å². The van der Waals surface area contributed by atoms with Gasteiger partial charge in [-0.1, -0.05) is 10.3 Å². The van der Waals surface area contributed by atoms with E-state index in [4.69, 9.17) is 23.2 Å². The van der Waals surface area contributed by atoms with Gasteiger partial charge >= 0.3 is 5.69 Å². The van der Waals surface area contributed by atoms with Gasteiger partial charge in [0.25, 0.3) is 11.5 Å². The van der Waals surface area contributed by atoms with Crippen molar-refractivity contribution in [2.45, 2.75) is 0 Å². The molecule has 0 aliphatic rings. The zero-order chi connectivity index (χ0) is 14.5. The molecular formula is C9H11Cl2N7O2. The van der Waals surface area contributed by atoms with Gasteiger partial charge in [-0.05, 0) is 0 Å². The molecule has 0 unspecified atom stereocenters. The Balaban J connectivity index is 2.27. The maximum absolute atomic E-state index is 11.5. The molecule has 20 heavy (non-hydrogen) atoms. The SMILES string of the molecule is O=c1[nH]c(=O)c2[nH]c(/N=N\N(CCCl)CCCl)nc2[nH]1. The van der Waals surface area contributed by atoms with Gasteiger partial charge in [0.2, 0.25) is 0 Å². The second kappa shape index (κ2) is 6.53. The van der Waals surface area contributed by atoms with Crippen LogP contribution in [0, 0.1) is 0 Å². The van der Waals surface area contributed by atoms with E-state index in [-0.39, 0.29) is 17.1 Å². The number of alkyl halides is 2. The zero-order valence-electron chi connectivity index (χ0n) is 10.2. The van der Waals surface area contributed by atoms with Crippen molar-refractivity contribution in [2.24, 2.45) is 10.3 Å². The maximum atomic E-state index is 11.5. The third-order valence-corrected chi connectivity index (χ3v) is 2.67. The van der Waals surface area contributed by atoms with Crippen LogP contribution in [0.1, 0.15) is 0 Å². The molecule has 0 aliphatic heterocycles. The minimum absolute atomic E-state index is 0.0986. The molecule has 0 bridgehead atoms. The van der Waals surface area contributed by atoms with Crippen molar-refractivity contribution in [3.05, 3.63) is 20.8 Å². The van der Waals surface area contributed by atoms with E-state index in [1.807, 2.05) is 0 Å². The molecule has 0 saturated heterocycles. The molecule has 0 radical (unpaired) electrons. The Hall–Kier alpha value is -1.87. The highest BCUT2D eigenvalue weighted by atomic mass is 35.5. The van der Waals surface area contributed by atoms with E-state index in [0.717, 1.165) is 0 Å². The van der Waals surface area contributed by atoms with Crippen LogP contribution in [0.4, 0.5) is 5.95 Å². The molecule has 0 fully saturated rings. The summed E-state index contributed by atoms with van der Waals surface area (Å²) in [6.07, 6.45) is 0. The lowest BCUT2D eigenvalue weighted by Crippen LogP contribution is -2.21. The summed E-state index contributed by atoms with van der Waals surface area (Å²) in [5.41, 5.74) is -0.965. The molecule has 11 heteroatoms. The van der Waals surface area contributed by atoms with Gasteiger partial charge in [-0.15, -0.1) is 23.2 Å². The van der Waals surface area contributed by atoms with E-state index >= 15 is 0 Å². The summed E-state index contributed by atoms with van der Waals surface area (Å²) in [5, 5.41) is 9.33. The molecule has 0 amide bonds. The van der Waals surface area contributed by atoms with Gasteiger partial charge in [0.1, 0.15) is 0 Å². The molecule has 0 aliphatic carbocycles. The Bertz CT molecular complexity index is 713. The third kappa shape index (κ3) is 3.36. The van der Waals surface area contributed by atoms with Crippen LogP contribution < -0.4 is 11.2 Å². The Morgan fingerprint density at radius 3 is 2.45 bits per heavy atom. The predicted molar refractivity (Wildman–Crippen MR) is 74.9 cm³/mol. The fraction of sp³-hybridized carbons (Fsp3) is 0.444. The second-order valence-corrected chi connectivity index (χ2v) is 4.47. The predicted octanol–water partition coefficient (Wildman–Crippen LogP) is 0.718. The highest BCUT2D eigenvalue weighted by Gasteiger charge is 2.07. The van der Waals surface area contributed by atoms with Crippen molar-refractivity contribution in [3.8, 4) is 0 Å². The van der Waals surface area contributed by atoms with Crippen molar-refractivity contribution in [3.63, 3.8) is 0 Å². The Labute approximate surface area is 122 Å². The fourth-order valence-electron chi connectivity index (χ4n) is 1.47. The summed E-state index contributed by atoms with van der Waals surface area (Å²) in [6, 6.07) is 0. The summed E-state index contributed by atoms with van der Waals surface area (Å²) in [5.74, 6) is 0.855. The van der Waals surface area contributed by atoms with Crippen LogP contribution in [-0.2, 0) is 0 Å². The maximum Gasteiger partial charge on any atom is 0.327 e. The lowest BCUT2D eigenvalue weighted by atomic mass is 10.5. The van der Waals surface area contributed by atoms with Crippen molar-refractivity contribution in [1.29, 1.82) is 0 Å². The number of halogens is 2. The van der Waals surface area contributed by atoms with Gasteiger partial charge < -0.3 is 4.98 Å². The number of rotatable bonds is 6. The summed E-state index contributed by atoms with van der Waals surface area (Å²) in [6.45, 7) is 0.963. The Kier molecular flexibility index (Phi) is 4.74. The Morgan fingerprint density at radius 1 is 1.10 bits per heavy atom. The smallest absolute Gasteiger partial charge is 0.315 e. The number of hydrogen-bond acceptors (Lipinski definition) is 5. The van der Waals surface area contributed by atoms with E-state index in [2.05, 4.69) is 30.3 Å². The first-order valence-corrected chi connectivity index (χ1v) is 6.72. The van der Waals surface area contributed by atoms with Gasteiger partial charge in [0.15, 0.2) is 11.2 Å². The molecule has 0 spiro atoms. The Morgan fingerprint density at radius 2 is 1.80 bits per heavy atom. The van der Waals surface area contributed by atoms with Gasteiger partial charge in [-0.2, -0.15) is 4.98 Å². The van der Waals surface area contributed by atoms with Crippen molar-refractivity contribution in [1.82, 2.24) is 24.9 Å². The molecule has 0 atom stereocenters. The van der Waals surface area contributed by atoms with Crippen LogP contribution in [0.5, 0.6) is 0 Å². The van der Waals surface area contributed by atoms with Crippen LogP contribution in [0.15, 0.2) is 19.9 Å². The number of aromatic amines is 3. The summed E-state index contributed by atoms with van der Waals surface area (Å²) < 4.78 is 0. The number of H-pyrrole nitrogens is 3. The standard InChI is InChI=1S/C9H11Cl2N7O2/c10-1-3-18(4-2-11)17-16-8-12-5-6(13-8)14-9(20)15-7(5)19/h1-4H2,(H3,12,13,14,15,19,20)/b17-16-. The minimum Gasteiger partial charge on any atom is -0.315 e. The second-order valence-electron chi connectivity index (χ2n) is 3.71. The molecule has 2 heterocycles. The first-order chi connectivity index (χ1) is 9.63. The molecular weight excluding hydrogens is 309 g/mol. The van der Waals surface area contributed by atoms with E-state index in [1.54, 1.807) is 5.01 Å². The van der Waals surface area contributed by atoms with Crippen molar-refractivity contribution < 1.29 is 0 Å². The first kappa shape index (κ1) is 14.5. The zero-order valence-corrected chi connectivity index (χ0v) is 11.7. The van der Waals surface area contributed by atoms with Gasteiger partial charge in [-0.25, -0.2) is 4.79 Å². The number of fused-ring (bicyclic) bond motifs is 1. The van der Waals surface area contributed by atoms with Gasteiger partial charge in [0, 0.05) is 11.8 Å². The largest absolute Gasteiger partial charge is 0.327 e. The monoisotopic (exact) mass is 319 g/mol. The lowest BCUT2D eigenvalue weighted by Gasteiger charge is -2.13.